The summed E-state index contributed by atoms with van der Waals surface area (Å²) < 4.78 is 44.3. The van der Waals surface area contributed by atoms with Crippen LogP contribution in [0.1, 0.15) is 51.4 Å². The van der Waals surface area contributed by atoms with Crippen LogP contribution in [0.5, 0.6) is 11.5 Å². The highest BCUT2D eigenvalue weighted by molar-refractivity contribution is 5.34. The van der Waals surface area contributed by atoms with E-state index in [0.717, 1.165) is 45.1 Å². The highest BCUT2D eigenvalue weighted by atomic mass is 19.2. The molecule has 3 nitrogen and oxygen atoms in total. The van der Waals surface area contributed by atoms with Gasteiger partial charge in [0.25, 0.3) is 0 Å². The van der Waals surface area contributed by atoms with Crippen molar-refractivity contribution in [1.82, 2.24) is 0 Å². The number of hydrogen-bond donors (Lipinski definition) is 0. The fraction of sp³-hybridized carbons (Fsp3) is 0.652. The summed E-state index contributed by atoms with van der Waals surface area (Å²) in [6, 6.07) is 2.83. The molecule has 2 aliphatic rings. The van der Waals surface area contributed by atoms with E-state index in [1.54, 1.807) is 0 Å². The van der Waals surface area contributed by atoms with E-state index >= 15 is 0 Å². The minimum atomic E-state index is -0.996. The fourth-order valence-electron chi connectivity index (χ4n) is 4.50. The van der Waals surface area contributed by atoms with Crippen LogP contribution in [0.4, 0.5) is 8.78 Å². The van der Waals surface area contributed by atoms with E-state index in [4.69, 9.17) is 14.2 Å². The van der Waals surface area contributed by atoms with E-state index in [-0.39, 0.29) is 11.5 Å². The molecule has 156 valence electrons. The van der Waals surface area contributed by atoms with E-state index in [1.165, 1.54) is 32.1 Å². The van der Waals surface area contributed by atoms with Crippen molar-refractivity contribution < 1.29 is 23.0 Å². The average molecular weight is 395 g/mol. The van der Waals surface area contributed by atoms with E-state index in [9.17, 15) is 8.78 Å². The van der Waals surface area contributed by atoms with E-state index in [2.05, 4.69) is 6.58 Å². The zero-order valence-corrected chi connectivity index (χ0v) is 16.8. The lowest BCUT2D eigenvalue weighted by Crippen LogP contribution is -2.34. The van der Waals surface area contributed by atoms with Crippen LogP contribution in [0.3, 0.4) is 0 Å². The number of ether oxygens (including phenoxy) is 3. The van der Waals surface area contributed by atoms with Crippen LogP contribution < -0.4 is 9.47 Å². The highest BCUT2D eigenvalue weighted by Crippen LogP contribution is 2.37. The number of hydrogen-bond acceptors (Lipinski definition) is 3. The van der Waals surface area contributed by atoms with Crippen molar-refractivity contribution in [2.24, 2.45) is 17.8 Å². The van der Waals surface area contributed by atoms with Gasteiger partial charge in [-0.25, -0.2) is 0 Å². The summed E-state index contributed by atoms with van der Waals surface area (Å²) in [5.74, 6) is -0.444. The second-order valence-electron chi connectivity index (χ2n) is 8.17. The summed E-state index contributed by atoms with van der Waals surface area (Å²) in [5, 5.41) is 0. The van der Waals surface area contributed by atoms with Gasteiger partial charge < -0.3 is 14.2 Å². The third-order valence-corrected chi connectivity index (χ3v) is 6.31. The monoisotopic (exact) mass is 394 g/mol. The maximum absolute atomic E-state index is 14.0. The third kappa shape index (κ3) is 5.25. The number of benzene rings is 1. The molecule has 0 bridgehead atoms. The van der Waals surface area contributed by atoms with Gasteiger partial charge in [0.1, 0.15) is 0 Å². The lowest BCUT2D eigenvalue weighted by atomic mass is 9.77. The third-order valence-electron chi connectivity index (χ3n) is 6.31. The van der Waals surface area contributed by atoms with Crippen molar-refractivity contribution in [3.05, 3.63) is 36.4 Å². The van der Waals surface area contributed by atoms with Gasteiger partial charge in [0.2, 0.25) is 11.6 Å². The Morgan fingerprint density at radius 2 is 1.71 bits per heavy atom. The van der Waals surface area contributed by atoms with Crippen LogP contribution in [-0.4, -0.2) is 26.4 Å². The van der Waals surface area contributed by atoms with Crippen molar-refractivity contribution in [1.29, 1.82) is 0 Å². The lowest BCUT2D eigenvalue weighted by Gasteiger charge is -2.37. The molecule has 3 rings (SSSR count). The Bertz CT molecular complexity index is 633. The molecule has 2 atom stereocenters. The molecule has 1 aromatic carbocycles. The van der Waals surface area contributed by atoms with Gasteiger partial charge in [-0.3, -0.25) is 0 Å². The molecular formula is C23H32F2O3. The summed E-state index contributed by atoms with van der Waals surface area (Å²) in [5.41, 5.74) is 0. The largest absolute Gasteiger partial charge is 0.494 e. The SMILES string of the molecule is C=CCCC1CCC(C2CCC(COc3ccc(OC)c(F)c3F)CC2)OC1. The van der Waals surface area contributed by atoms with Crippen LogP contribution in [0, 0.1) is 29.4 Å². The van der Waals surface area contributed by atoms with Gasteiger partial charge in [-0.05, 0) is 81.3 Å². The van der Waals surface area contributed by atoms with E-state index < -0.39 is 11.6 Å². The Labute approximate surface area is 167 Å². The quantitative estimate of drug-likeness (QED) is 0.512. The molecule has 1 aliphatic carbocycles. The lowest BCUT2D eigenvalue weighted by molar-refractivity contribution is -0.0602. The standard InChI is InChI=1S/C23H32F2O3/c1-3-4-5-16-8-11-19(27-14-16)18-9-6-17(7-10-18)15-28-21-13-12-20(26-2)22(24)23(21)25/h3,12-13,16-19H,1,4-11,14-15H2,2H3. The van der Waals surface area contributed by atoms with Crippen molar-refractivity contribution in [3.8, 4) is 11.5 Å². The second-order valence-corrected chi connectivity index (χ2v) is 8.17. The second kappa shape index (κ2) is 10.2. The summed E-state index contributed by atoms with van der Waals surface area (Å²) in [4.78, 5) is 0. The number of rotatable bonds is 8. The molecule has 0 radical (unpaired) electrons. The highest BCUT2D eigenvalue weighted by Gasteiger charge is 2.31. The zero-order valence-electron chi connectivity index (χ0n) is 16.8. The molecule has 5 heteroatoms. The molecule has 2 unspecified atom stereocenters. The van der Waals surface area contributed by atoms with Gasteiger partial charge in [0.05, 0.1) is 19.8 Å². The number of halogens is 2. The average Bonchev–Trinajstić information content (AvgIpc) is 2.74. The summed E-state index contributed by atoms with van der Waals surface area (Å²) in [6.45, 7) is 5.10. The molecule has 0 amide bonds. The first-order chi connectivity index (χ1) is 13.6. The first kappa shape index (κ1) is 21.1. The number of methoxy groups -OCH3 is 1. The molecule has 1 aromatic rings. The molecule has 1 heterocycles. The van der Waals surface area contributed by atoms with Gasteiger partial charge in [-0.15, -0.1) is 6.58 Å². The maximum Gasteiger partial charge on any atom is 0.204 e. The minimum Gasteiger partial charge on any atom is -0.494 e. The predicted octanol–water partition coefficient (Wildman–Crippen LogP) is 5.92. The first-order valence-corrected chi connectivity index (χ1v) is 10.5. The molecule has 28 heavy (non-hydrogen) atoms. The van der Waals surface area contributed by atoms with Crippen molar-refractivity contribution in [2.75, 3.05) is 20.3 Å². The number of allylic oxidation sites excluding steroid dienone is 1. The van der Waals surface area contributed by atoms with Gasteiger partial charge in [-0.1, -0.05) is 6.08 Å². The van der Waals surface area contributed by atoms with Crippen LogP contribution in [0.15, 0.2) is 24.8 Å². The summed E-state index contributed by atoms with van der Waals surface area (Å²) in [6.07, 6.45) is 11.4. The molecule has 1 aliphatic heterocycles. The molecule has 0 N–H and O–H groups in total. The van der Waals surface area contributed by atoms with Crippen LogP contribution in [0.25, 0.3) is 0 Å². The Morgan fingerprint density at radius 1 is 1.04 bits per heavy atom. The maximum atomic E-state index is 14.0. The molecular weight excluding hydrogens is 362 g/mol. The molecule has 1 saturated heterocycles. The van der Waals surface area contributed by atoms with Crippen molar-refractivity contribution >= 4 is 0 Å². The predicted molar refractivity (Wildman–Crippen MR) is 106 cm³/mol. The molecule has 0 aromatic heterocycles. The van der Waals surface area contributed by atoms with E-state index in [0.29, 0.717) is 30.5 Å². The first-order valence-electron chi connectivity index (χ1n) is 10.5. The zero-order chi connectivity index (χ0) is 19.9. The summed E-state index contributed by atoms with van der Waals surface area (Å²) >= 11 is 0. The fourth-order valence-corrected chi connectivity index (χ4v) is 4.50. The smallest absolute Gasteiger partial charge is 0.204 e. The molecule has 0 spiro atoms. The Morgan fingerprint density at radius 3 is 2.36 bits per heavy atom. The van der Waals surface area contributed by atoms with Gasteiger partial charge >= 0.3 is 0 Å². The molecule has 1 saturated carbocycles. The topological polar surface area (TPSA) is 27.7 Å². The van der Waals surface area contributed by atoms with Gasteiger partial charge in [0, 0.05) is 6.61 Å². The Hall–Kier alpha value is -1.62. The Balaban J connectivity index is 1.40. The molecule has 2 fully saturated rings. The minimum absolute atomic E-state index is 0.0402. The van der Waals surface area contributed by atoms with Gasteiger partial charge in [0.15, 0.2) is 11.5 Å². The van der Waals surface area contributed by atoms with Crippen LogP contribution >= 0.6 is 0 Å². The van der Waals surface area contributed by atoms with Crippen LogP contribution in [0.2, 0.25) is 0 Å². The van der Waals surface area contributed by atoms with Crippen molar-refractivity contribution in [2.45, 2.75) is 57.5 Å². The normalized spacial score (nSPS) is 28.0. The van der Waals surface area contributed by atoms with Crippen molar-refractivity contribution in [3.63, 3.8) is 0 Å². The van der Waals surface area contributed by atoms with Gasteiger partial charge in [-0.2, -0.15) is 8.78 Å². The van der Waals surface area contributed by atoms with Crippen LogP contribution in [-0.2, 0) is 4.74 Å². The Kier molecular flexibility index (Phi) is 7.72. The van der Waals surface area contributed by atoms with E-state index in [1.807, 2.05) is 6.08 Å². The summed E-state index contributed by atoms with van der Waals surface area (Å²) in [7, 11) is 1.31.